The lowest BCUT2D eigenvalue weighted by atomic mass is 10.1. The van der Waals surface area contributed by atoms with Crippen LogP contribution in [0.2, 0.25) is 0 Å². The smallest absolute Gasteiger partial charge is 0.261 e. The van der Waals surface area contributed by atoms with E-state index in [2.05, 4.69) is 9.97 Å². The van der Waals surface area contributed by atoms with Gasteiger partial charge in [0.15, 0.2) is 5.75 Å². The second-order valence-electron chi connectivity index (χ2n) is 6.52. The molecular formula is C22H25N3O4. The Morgan fingerprint density at radius 3 is 1.66 bits per heavy atom. The minimum Gasteiger partial charge on any atom is -0.502 e. The van der Waals surface area contributed by atoms with Gasteiger partial charge in [-0.25, -0.2) is 4.98 Å². The van der Waals surface area contributed by atoms with Crippen molar-refractivity contribution in [2.24, 2.45) is 0 Å². The van der Waals surface area contributed by atoms with Crippen LogP contribution < -0.4 is 19.1 Å². The summed E-state index contributed by atoms with van der Waals surface area (Å²) in [5.74, 6) is 2.18. The van der Waals surface area contributed by atoms with Gasteiger partial charge in [0.2, 0.25) is 5.95 Å². The summed E-state index contributed by atoms with van der Waals surface area (Å²) >= 11 is 0. The molecule has 0 aliphatic rings. The van der Waals surface area contributed by atoms with Gasteiger partial charge >= 0.3 is 0 Å². The average molecular weight is 395 g/mol. The molecule has 0 bridgehead atoms. The molecule has 0 saturated heterocycles. The van der Waals surface area contributed by atoms with Crippen LogP contribution in [0, 0.1) is 6.92 Å². The molecule has 0 aliphatic carbocycles. The van der Waals surface area contributed by atoms with Crippen molar-refractivity contribution in [1.82, 2.24) is 9.97 Å². The first-order valence-electron chi connectivity index (χ1n) is 9.16. The summed E-state index contributed by atoms with van der Waals surface area (Å²) in [5, 5.41) is 10.1. The van der Waals surface area contributed by atoms with E-state index in [9.17, 15) is 5.11 Å². The monoisotopic (exact) mass is 395 g/mol. The maximum atomic E-state index is 10.1. The van der Waals surface area contributed by atoms with E-state index in [1.165, 1.54) is 7.11 Å². The number of anilines is 1. The topological polar surface area (TPSA) is 76.9 Å². The number of methoxy groups -OCH3 is 3. The molecule has 7 nitrogen and oxygen atoms in total. The molecule has 3 rings (SSSR count). The highest BCUT2D eigenvalue weighted by Gasteiger charge is 2.17. The third-order valence-electron chi connectivity index (χ3n) is 4.56. The van der Waals surface area contributed by atoms with E-state index in [-0.39, 0.29) is 11.6 Å². The fourth-order valence-corrected chi connectivity index (χ4v) is 2.91. The van der Waals surface area contributed by atoms with Crippen molar-refractivity contribution >= 4 is 5.95 Å². The van der Waals surface area contributed by atoms with Crippen LogP contribution in [-0.2, 0) is 13.1 Å². The Morgan fingerprint density at radius 2 is 1.24 bits per heavy atom. The van der Waals surface area contributed by atoms with E-state index >= 15 is 0 Å². The minimum atomic E-state index is -0.0508. The molecule has 0 amide bonds. The van der Waals surface area contributed by atoms with Crippen molar-refractivity contribution in [3.05, 3.63) is 65.4 Å². The lowest BCUT2D eigenvalue weighted by Gasteiger charge is -2.24. The van der Waals surface area contributed by atoms with Gasteiger partial charge in [0.1, 0.15) is 11.5 Å². The molecule has 0 radical (unpaired) electrons. The Morgan fingerprint density at radius 1 is 0.759 bits per heavy atom. The van der Waals surface area contributed by atoms with E-state index in [1.54, 1.807) is 21.1 Å². The van der Waals surface area contributed by atoms with Crippen molar-refractivity contribution in [2.45, 2.75) is 20.0 Å². The first-order chi connectivity index (χ1) is 14.0. The highest BCUT2D eigenvalue weighted by Crippen LogP contribution is 2.29. The fraction of sp³-hybridized carbons (Fsp3) is 0.273. The molecule has 0 saturated carbocycles. The van der Waals surface area contributed by atoms with Gasteiger partial charge < -0.3 is 24.2 Å². The molecule has 0 atom stereocenters. The van der Waals surface area contributed by atoms with Crippen LogP contribution in [0.5, 0.6) is 23.1 Å². The third-order valence-corrected chi connectivity index (χ3v) is 4.56. The van der Waals surface area contributed by atoms with Crippen LogP contribution in [0.4, 0.5) is 5.95 Å². The maximum absolute atomic E-state index is 10.1. The molecule has 0 fully saturated rings. The number of aryl methyl sites for hydroxylation is 1. The molecule has 0 unspecified atom stereocenters. The molecule has 1 heterocycles. The minimum absolute atomic E-state index is 0.0508. The van der Waals surface area contributed by atoms with Crippen LogP contribution in [0.1, 0.15) is 16.8 Å². The van der Waals surface area contributed by atoms with Crippen LogP contribution in [0.25, 0.3) is 0 Å². The van der Waals surface area contributed by atoms with Crippen LogP contribution in [-0.4, -0.2) is 36.4 Å². The van der Waals surface area contributed by atoms with E-state index in [1.807, 2.05) is 53.4 Å². The van der Waals surface area contributed by atoms with Crippen molar-refractivity contribution in [3.63, 3.8) is 0 Å². The molecule has 3 aromatic rings. The standard InChI is InChI=1S/C22H25N3O4/c1-15-20(26)21(29-4)24-22(23-15)25(13-16-5-9-18(27-2)10-6-16)14-17-7-11-19(28-3)12-8-17/h5-12,26H,13-14H2,1-4H3. The van der Waals surface area contributed by atoms with E-state index in [0.717, 1.165) is 22.6 Å². The Labute approximate surface area is 170 Å². The van der Waals surface area contributed by atoms with Gasteiger partial charge in [-0.1, -0.05) is 24.3 Å². The number of aromatic hydroxyl groups is 1. The average Bonchev–Trinajstić information content (AvgIpc) is 2.76. The van der Waals surface area contributed by atoms with Crippen molar-refractivity contribution in [2.75, 3.05) is 26.2 Å². The molecule has 29 heavy (non-hydrogen) atoms. The highest BCUT2D eigenvalue weighted by molar-refractivity contribution is 5.45. The highest BCUT2D eigenvalue weighted by atomic mass is 16.5. The molecule has 152 valence electrons. The lowest BCUT2D eigenvalue weighted by molar-refractivity contribution is 0.354. The Bertz CT molecular complexity index is 894. The third kappa shape index (κ3) is 4.87. The van der Waals surface area contributed by atoms with E-state index < -0.39 is 0 Å². The molecule has 0 aliphatic heterocycles. The van der Waals surface area contributed by atoms with Gasteiger partial charge in [0.05, 0.1) is 27.0 Å². The molecule has 7 heteroatoms. The van der Waals surface area contributed by atoms with Gasteiger partial charge in [-0.05, 0) is 42.3 Å². The first kappa shape index (κ1) is 20.3. The number of ether oxygens (including phenoxy) is 3. The molecule has 1 aromatic heterocycles. The maximum Gasteiger partial charge on any atom is 0.261 e. The van der Waals surface area contributed by atoms with Crippen molar-refractivity contribution < 1.29 is 19.3 Å². The zero-order chi connectivity index (χ0) is 20.8. The number of benzene rings is 2. The lowest BCUT2D eigenvalue weighted by Crippen LogP contribution is -2.24. The van der Waals surface area contributed by atoms with Gasteiger partial charge in [0, 0.05) is 13.1 Å². The SMILES string of the molecule is COc1ccc(CN(Cc2ccc(OC)cc2)c2nc(C)c(O)c(OC)n2)cc1. The summed E-state index contributed by atoms with van der Waals surface area (Å²) in [5.41, 5.74) is 2.61. The Hall–Kier alpha value is -3.48. The number of nitrogens with zero attached hydrogens (tertiary/aromatic N) is 3. The van der Waals surface area contributed by atoms with Gasteiger partial charge in [0.25, 0.3) is 5.88 Å². The molecule has 2 aromatic carbocycles. The summed E-state index contributed by atoms with van der Waals surface area (Å²) in [6.45, 7) is 2.87. The number of hydrogen-bond donors (Lipinski definition) is 1. The summed E-state index contributed by atoms with van der Waals surface area (Å²) in [4.78, 5) is 10.9. The summed E-state index contributed by atoms with van der Waals surface area (Å²) in [6.07, 6.45) is 0. The quantitative estimate of drug-likeness (QED) is 0.623. The number of aromatic nitrogens is 2. The van der Waals surface area contributed by atoms with Gasteiger partial charge in [-0.2, -0.15) is 4.98 Å². The number of hydrogen-bond acceptors (Lipinski definition) is 7. The van der Waals surface area contributed by atoms with E-state index in [4.69, 9.17) is 14.2 Å². The zero-order valence-corrected chi connectivity index (χ0v) is 17.0. The molecule has 0 spiro atoms. The Balaban J connectivity index is 1.94. The fourth-order valence-electron chi connectivity index (χ4n) is 2.91. The van der Waals surface area contributed by atoms with Crippen molar-refractivity contribution in [3.8, 4) is 23.1 Å². The summed E-state index contributed by atoms with van der Waals surface area (Å²) < 4.78 is 15.7. The van der Waals surface area contributed by atoms with Gasteiger partial charge in [-0.3, -0.25) is 0 Å². The second-order valence-corrected chi connectivity index (χ2v) is 6.52. The van der Waals surface area contributed by atoms with Gasteiger partial charge in [-0.15, -0.1) is 0 Å². The number of rotatable bonds is 8. The van der Waals surface area contributed by atoms with Crippen molar-refractivity contribution in [1.29, 1.82) is 0 Å². The predicted octanol–water partition coefficient (Wildman–Crippen LogP) is 3.72. The normalized spacial score (nSPS) is 10.5. The Kier molecular flexibility index (Phi) is 6.39. The summed E-state index contributed by atoms with van der Waals surface area (Å²) in [7, 11) is 4.76. The largest absolute Gasteiger partial charge is 0.502 e. The summed E-state index contributed by atoms with van der Waals surface area (Å²) in [6, 6.07) is 15.7. The zero-order valence-electron chi connectivity index (χ0n) is 17.0. The van der Waals surface area contributed by atoms with Crippen LogP contribution in [0.3, 0.4) is 0 Å². The predicted molar refractivity (Wildman–Crippen MR) is 111 cm³/mol. The second kappa shape index (κ2) is 9.14. The van der Waals surface area contributed by atoms with Crippen LogP contribution >= 0.6 is 0 Å². The first-order valence-corrected chi connectivity index (χ1v) is 9.16. The molecular weight excluding hydrogens is 370 g/mol. The van der Waals surface area contributed by atoms with Crippen LogP contribution in [0.15, 0.2) is 48.5 Å². The van der Waals surface area contributed by atoms with E-state index in [0.29, 0.717) is 24.7 Å². The molecule has 1 N–H and O–H groups in total.